The average Bonchev–Trinajstić information content (AvgIpc) is 2.67. The minimum absolute atomic E-state index is 0.0718. The summed E-state index contributed by atoms with van der Waals surface area (Å²) >= 11 is 6.14. The van der Waals surface area contributed by atoms with Crippen molar-refractivity contribution >= 4 is 32.3 Å². The Morgan fingerprint density at radius 1 is 1.28 bits per heavy atom. The lowest BCUT2D eigenvalue weighted by atomic mass is 10.2. The molecule has 0 amide bonds. The van der Waals surface area contributed by atoms with Gasteiger partial charge in [0.1, 0.15) is 0 Å². The van der Waals surface area contributed by atoms with E-state index >= 15 is 0 Å². The molecule has 2 rings (SSSR count). The van der Waals surface area contributed by atoms with E-state index in [0.29, 0.717) is 5.02 Å². The standard InChI is InChI=1S/C13H16ClNO2S/c1-3-15-10(9-18(16,17)4-2)8-11-12(14)6-5-7-13(11)15/h5-8H,3-4,9H2,1-2H3. The lowest BCUT2D eigenvalue weighted by Crippen LogP contribution is -2.10. The van der Waals surface area contributed by atoms with Gasteiger partial charge < -0.3 is 4.57 Å². The molecule has 5 heteroatoms. The van der Waals surface area contributed by atoms with E-state index in [2.05, 4.69) is 0 Å². The molecule has 0 aliphatic carbocycles. The van der Waals surface area contributed by atoms with Gasteiger partial charge >= 0.3 is 0 Å². The highest BCUT2D eigenvalue weighted by molar-refractivity contribution is 7.90. The maximum Gasteiger partial charge on any atom is 0.155 e. The number of hydrogen-bond donors (Lipinski definition) is 0. The van der Waals surface area contributed by atoms with Crippen LogP contribution in [0.15, 0.2) is 24.3 Å². The first-order valence-corrected chi connectivity index (χ1v) is 8.15. The van der Waals surface area contributed by atoms with Crippen LogP contribution in [-0.4, -0.2) is 18.7 Å². The Morgan fingerprint density at radius 3 is 2.61 bits per heavy atom. The Kier molecular flexibility index (Phi) is 3.69. The SMILES string of the molecule is CCn1c(CS(=O)(=O)CC)cc2c(Cl)cccc21. The van der Waals surface area contributed by atoms with E-state index in [9.17, 15) is 8.42 Å². The van der Waals surface area contributed by atoms with Crippen molar-refractivity contribution in [1.29, 1.82) is 0 Å². The summed E-state index contributed by atoms with van der Waals surface area (Å²) in [5.74, 6) is 0.230. The zero-order chi connectivity index (χ0) is 13.3. The highest BCUT2D eigenvalue weighted by Crippen LogP contribution is 2.27. The summed E-state index contributed by atoms with van der Waals surface area (Å²) in [4.78, 5) is 0. The van der Waals surface area contributed by atoms with Gasteiger partial charge in [0.05, 0.1) is 5.75 Å². The number of aromatic nitrogens is 1. The molecule has 18 heavy (non-hydrogen) atoms. The molecule has 1 aromatic heterocycles. The van der Waals surface area contributed by atoms with E-state index in [1.165, 1.54) is 0 Å². The van der Waals surface area contributed by atoms with Crippen LogP contribution in [0, 0.1) is 0 Å². The summed E-state index contributed by atoms with van der Waals surface area (Å²) in [6, 6.07) is 7.55. The number of rotatable bonds is 4. The monoisotopic (exact) mass is 285 g/mol. The Morgan fingerprint density at radius 2 is 2.00 bits per heavy atom. The van der Waals surface area contributed by atoms with Crippen molar-refractivity contribution in [1.82, 2.24) is 4.57 Å². The van der Waals surface area contributed by atoms with Gasteiger partial charge in [0.2, 0.25) is 0 Å². The lowest BCUT2D eigenvalue weighted by molar-refractivity contribution is 0.594. The van der Waals surface area contributed by atoms with Crippen molar-refractivity contribution in [2.24, 2.45) is 0 Å². The number of benzene rings is 1. The zero-order valence-electron chi connectivity index (χ0n) is 10.5. The van der Waals surface area contributed by atoms with Crippen LogP contribution < -0.4 is 0 Å². The quantitative estimate of drug-likeness (QED) is 0.865. The molecule has 3 nitrogen and oxygen atoms in total. The Balaban J connectivity index is 2.61. The van der Waals surface area contributed by atoms with Gasteiger partial charge in [-0.15, -0.1) is 0 Å². The number of fused-ring (bicyclic) bond motifs is 1. The molecule has 1 heterocycles. The summed E-state index contributed by atoms with van der Waals surface area (Å²) in [5, 5.41) is 1.58. The van der Waals surface area contributed by atoms with Crippen LogP contribution in [0.5, 0.6) is 0 Å². The average molecular weight is 286 g/mol. The van der Waals surface area contributed by atoms with E-state index in [4.69, 9.17) is 11.6 Å². The van der Waals surface area contributed by atoms with Crippen LogP contribution in [0.3, 0.4) is 0 Å². The first-order valence-electron chi connectivity index (χ1n) is 5.95. The van der Waals surface area contributed by atoms with Crippen molar-refractivity contribution < 1.29 is 8.42 Å². The van der Waals surface area contributed by atoms with Crippen LogP contribution in [0.1, 0.15) is 19.5 Å². The summed E-state index contributed by atoms with van der Waals surface area (Å²) in [6.07, 6.45) is 0. The zero-order valence-corrected chi connectivity index (χ0v) is 12.1. The van der Waals surface area contributed by atoms with Crippen LogP contribution in [0.2, 0.25) is 5.02 Å². The molecule has 0 fully saturated rings. The molecular formula is C13H16ClNO2S. The molecule has 0 saturated heterocycles. The van der Waals surface area contributed by atoms with E-state index in [-0.39, 0.29) is 11.5 Å². The van der Waals surface area contributed by atoms with Crippen LogP contribution >= 0.6 is 11.6 Å². The molecule has 0 radical (unpaired) electrons. The predicted molar refractivity (Wildman–Crippen MR) is 75.8 cm³/mol. The van der Waals surface area contributed by atoms with Gasteiger partial charge in [0, 0.05) is 33.9 Å². The van der Waals surface area contributed by atoms with Crippen LogP contribution in [0.4, 0.5) is 0 Å². The summed E-state index contributed by atoms with van der Waals surface area (Å²) in [5.41, 5.74) is 1.80. The van der Waals surface area contributed by atoms with Gasteiger partial charge in [-0.25, -0.2) is 8.42 Å². The number of halogens is 1. The van der Waals surface area contributed by atoms with E-state index in [0.717, 1.165) is 23.1 Å². The predicted octanol–water partition coefficient (Wildman–Crippen LogP) is 3.25. The van der Waals surface area contributed by atoms with Crippen molar-refractivity contribution in [3.8, 4) is 0 Å². The number of nitrogens with zero attached hydrogens (tertiary/aromatic N) is 1. The minimum atomic E-state index is -3.03. The molecule has 0 spiro atoms. The molecule has 0 aliphatic heterocycles. The van der Waals surface area contributed by atoms with Crippen LogP contribution in [0.25, 0.3) is 10.9 Å². The molecule has 0 N–H and O–H groups in total. The molecule has 0 aliphatic rings. The molecule has 1 aromatic carbocycles. The van der Waals surface area contributed by atoms with E-state index in [1.807, 2.05) is 35.8 Å². The fourth-order valence-corrected chi connectivity index (χ4v) is 3.24. The third-order valence-corrected chi connectivity index (χ3v) is 5.05. The Bertz CT molecular complexity index is 674. The van der Waals surface area contributed by atoms with Crippen molar-refractivity contribution in [2.45, 2.75) is 26.1 Å². The second-order valence-corrected chi connectivity index (χ2v) is 6.99. The van der Waals surface area contributed by atoms with Gasteiger partial charge in [0.25, 0.3) is 0 Å². The molecule has 0 bridgehead atoms. The van der Waals surface area contributed by atoms with Crippen molar-refractivity contribution in [2.75, 3.05) is 5.75 Å². The maximum atomic E-state index is 11.8. The molecular weight excluding hydrogens is 270 g/mol. The highest BCUT2D eigenvalue weighted by atomic mass is 35.5. The fourth-order valence-electron chi connectivity index (χ4n) is 2.12. The van der Waals surface area contributed by atoms with E-state index < -0.39 is 9.84 Å². The van der Waals surface area contributed by atoms with Gasteiger partial charge in [-0.3, -0.25) is 0 Å². The van der Waals surface area contributed by atoms with Crippen LogP contribution in [-0.2, 0) is 22.1 Å². The number of aryl methyl sites for hydroxylation is 1. The first-order chi connectivity index (χ1) is 8.48. The molecule has 0 atom stereocenters. The summed E-state index contributed by atoms with van der Waals surface area (Å²) < 4.78 is 25.5. The summed E-state index contributed by atoms with van der Waals surface area (Å²) in [6.45, 7) is 4.40. The van der Waals surface area contributed by atoms with Gasteiger partial charge in [-0.2, -0.15) is 0 Å². The fraction of sp³-hybridized carbons (Fsp3) is 0.385. The number of sulfone groups is 1. The maximum absolute atomic E-state index is 11.8. The Hall–Kier alpha value is -1.00. The highest BCUT2D eigenvalue weighted by Gasteiger charge is 2.15. The molecule has 0 saturated carbocycles. The topological polar surface area (TPSA) is 39.1 Å². The number of hydrogen-bond acceptors (Lipinski definition) is 2. The second-order valence-electron chi connectivity index (χ2n) is 4.23. The van der Waals surface area contributed by atoms with Crippen molar-refractivity contribution in [3.63, 3.8) is 0 Å². The molecule has 2 aromatic rings. The van der Waals surface area contributed by atoms with Crippen molar-refractivity contribution in [3.05, 3.63) is 35.0 Å². The third-order valence-electron chi connectivity index (χ3n) is 3.10. The molecule has 0 unspecified atom stereocenters. The first kappa shape index (κ1) is 13.4. The third kappa shape index (κ3) is 2.40. The Labute approximate surface area is 112 Å². The smallest absolute Gasteiger partial charge is 0.155 e. The van der Waals surface area contributed by atoms with Gasteiger partial charge in [0.15, 0.2) is 9.84 Å². The normalized spacial score (nSPS) is 12.2. The van der Waals surface area contributed by atoms with Gasteiger partial charge in [-0.05, 0) is 25.1 Å². The molecule has 98 valence electrons. The summed E-state index contributed by atoms with van der Waals surface area (Å²) in [7, 11) is -3.03. The largest absolute Gasteiger partial charge is 0.344 e. The van der Waals surface area contributed by atoms with E-state index in [1.54, 1.807) is 6.92 Å². The van der Waals surface area contributed by atoms with Gasteiger partial charge in [-0.1, -0.05) is 24.6 Å². The minimum Gasteiger partial charge on any atom is -0.344 e. The second kappa shape index (κ2) is 4.94. The lowest BCUT2D eigenvalue weighted by Gasteiger charge is -2.07.